The van der Waals surface area contributed by atoms with Gasteiger partial charge in [-0.2, -0.15) is 0 Å². The summed E-state index contributed by atoms with van der Waals surface area (Å²) in [6.07, 6.45) is 1.70. The minimum Gasteiger partial charge on any atom is -0.466 e. The van der Waals surface area contributed by atoms with Gasteiger partial charge in [-0.3, -0.25) is 19.6 Å². The lowest BCUT2D eigenvalue weighted by atomic mass is 9.97. The van der Waals surface area contributed by atoms with Crippen LogP contribution in [0.4, 0.5) is 0 Å². The second-order valence-electron chi connectivity index (χ2n) is 6.93. The monoisotopic (exact) mass is 337 g/mol. The Morgan fingerprint density at radius 3 is 2.42 bits per heavy atom. The van der Waals surface area contributed by atoms with E-state index in [1.165, 1.54) is 26.2 Å². The average molecular weight is 337 g/mol. The van der Waals surface area contributed by atoms with Crippen molar-refractivity contribution in [3.8, 4) is 0 Å². The third-order valence-corrected chi connectivity index (χ3v) is 5.51. The van der Waals surface area contributed by atoms with Crippen molar-refractivity contribution in [2.24, 2.45) is 10.9 Å². The maximum atomic E-state index is 11.9. The molecule has 4 rings (SSSR count). The van der Waals surface area contributed by atoms with Crippen LogP contribution in [0.3, 0.4) is 0 Å². The van der Waals surface area contributed by atoms with Gasteiger partial charge in [0.25, 0.3) is 0 Å². The van der Waals surface area contributed by atoms with Gasteiger partial charge in [-0.15, -0.1) is 0 Å². The molecule has 0 radical (unpaired) electrons. The van der Waals surface area contributed by atoms with Crippen molar-refractivity contribution in [2.75, 3.05) is 66.0 Å². The molecule has 136 valence electrons. The van der Waals surface area contributed by atoms with Crippen LogP contribution < -0.4 is 5.32 Å². The molecular weight excluding hydrogens is 306 g/mol. The normalized spacial score (nSPS) is 31.2. The number of hydrogen-bond donors (Lipinski definition) is 1. The van der Waals surface area contributed by atoms with Crippen LogP contribution in [0.15, 0.2) is 4.99 Å². The van der Waals surface area contributed by atoms with Crippen molar-refractivity contribution in [2.45, 2.75) is 25.8 Å². The van der Waals surface area contributed by atoms with Crippen LogP contribution in [0.25, 0.3) is 0 Å². The summed E-state index contributed by atoms with van der Waals surface area (Å²) in [5, 5.41) is 3.55. The lowest BCUT2D eigenvalue weighted by Crippen LogP contribution is -2.64. The number of nitrogens with zero attached hydrogens (tertiary/aromatic N) is 4. The van der Waals surface area contributed by atoms with Gasteiger partial charge in [0.1, 0.15) is 0 Å². The summed E-state index contributed by atoms with van der Waals surface area (Å²) in [7, 11) is 1.84. The third kappa shape index (κ3) is 4.00. The molecule has 7 nitrogen and oxygen atoms in total. The number of fused-ring (bicyclic) bond motifs is 3. The fraction of sp³-hybridized carbons (Fsp3) is 0.882. The van der Waals surface area contributed by atoms with E-state index in [4.69, 9.17) is 4.74 Å². The highest BCUT2D eigenvalue weighted by Gasteiger charge is 2.32. The number of carbonyl (C=O) groups excluding carboxylic acids is 1. The molecule has 0 saturated carbocycles. The topological polar surface area (TPSA) is 60.4 Å². The van der Waals surface area contributed by atoms with E-state index in [0.29, 0.717) is 12.6 Å². The number of guanidine groups is 1. The number of piperazine rings is 3. The van der Waals surface area contributed by atoms with Crippen LogP contribution in [-0.4, -0.2) is 98.7 Å². The van der Waals surface area contributed by atoms with Crippen molar-refractivity contribution in [1.29, 1.82) is 0 Å². The van der Waals surface area contributed by atoms with Crippen molar-refractivity contribution >= 4 is 11.9 Å². The van der Waals surface area contributed by atoms with E-state index in [-0.39, 0.29) is 11.9 Å². The summed E-state index contributed by atoms with van der Waals surface area (Å²) >= 11 is 0. The number of rotatable bonds is 4. The lowest BCUT2D eigenvalue weighted by molar-refractivity contribution is -0.149. The average Bonchev–Trinajstić information content (AvgIpc) is 2.64. The van der Waals surface area contributed by atoms with Crippen LogP contribution in [0.1, 0.15) is 19.8 Å². The number of piperidine rings is 1. The standard InChI is InChI=1S/C17H31N5O2/c1-3-24-16(23)14-4-6-22(7-5-14)17(18-2)19-12-15-13-20-8-10-21(15)11-9-20/h14-15H,3-13H2,1-2H3,(H,18,19). The number of ether oxygens (including phenoxy) is 1. The Kier molecular flexibility index (Phi) is 5.94. The first kappa shape index (κ1) is 17.5. The van der Waals surface area contributed by atoms with E-state index in [1.807, 2.05) is 14.0 Å². The molecule has 0 spiro atoms. The van der Waals surface area contributed by atoms with Gasteiger partial charge >= 0.3 is 5.97 Å². The Morgan fingerprint density at radius 2 is 1.88 bits per heavy atom. The molecule has 24 heavy (non-hydrogen) atoms. The Labute approximate surface area is 145 Å². The van der Waals surface area contributed by atoms with Crippen molar-refractivity contribution in [3.05, 3.63) is 0 Å². The third-order valence-electron chi connectivity index (χ3n) is 5.51. The van der Waals surface area contributed by atoms with Crippen molar-refractivity contribution < 1.29 is 9.53 Å². The second kappa shape index (κ2) is 8.16. The predicted molar refractivity (Wildman–Crippen MR) is 94.1 cm³/mol. The SMILES string of the molecule is CCOC(=O)C1CCN(C(=NC)NCC2CN3CCN2CC3)CC1. The highest BCUT2D eigenvalue weighted by atomic mass is 16.5. The van der Waals surface area contributed by atoms with Crippen molar-refractivity contribution in [1.82, 2.24) is 20.0 Å². The molecule has 0 aliphatic carbocycles. The number of hydrogen-bond acceptors (Lipinski definition) is 5. The fourth-order valence-electron chi connectivity index (χ4n) is 4.05. The van der Waals surface area contributed by atoms with Crippen LogP contribution >= 0.6 is 0 Å². The van der Waals surface area contributed by atoms with Crippen LogP contribution in [0.5, 0.6) is 0 Å². The zero-order chi connectivity index (χ0) is 16.9. The summed E-state index contributed by atoms with van der Waals surface area (Å²) in [4.78, 5) is 23.7. The lowest BCUT2D eigenvalue weighted by Gasteiger charge is -2.47. The van der Waals surface area contributed by atoms with E-state index < -0.39 is 0 Å². The molecule has 7 heteroatoms. The molecule has 4 saturated heterocycles. The smallest absolute Gasteiger partial charge is 0.309 e. The van der Waals surface area contributed by atoms with Gasteiger partial charge < -0.3 is 15.0 Å². The molecular formula is C17H31N5O2. The number of carbonyl (C=O) groups is 1. The second-order valence-corrected chi connectivity index (χ2v) is 6.93. The first-order chi connectivity index (χ1) is 11.7. The number of aliphatic imine (C=N–C) groups is 1. The molecule has 1 unspecified atom stereocenters. The number of esters is 1. The molecule has 2 bridgehead atoms. The molecule has 4 heterocycles. The highest BCUT2D eigenvalue weighted by molar-refractivity contribution is 5.80. The molecule has 0 aromatic carbocycles. The van der Waals surface area contributed by atoms with Gasteiger partial charge in [-0.25, -0.2) is 0 Å². The maximum Gasteiger partial charge on any atom is 0.309 e. The minimum atomic E-state index is -0.0415. The Morgan fingerprint density at radius 1 is 1.17 bits per heavy atom. The largest absolute Gasteiger partial charge is 0.466 e. The van der Waals surface area contributed by atoms with Gasteiger partial charge in [0.05, 0.1) is 12.5 Å². The molecule has 4 aliphatic rings. The van der Waals surface area contributed by atoms with E-state index in [9.17, 15) is 4.79 Å². The molecule has 4 aliphatic heterocycles. The zero-order valence-electron chi connectivity index (χ0n) is 15.0. The summed E-state index contributed by atoms with van der Waals surface area (Å²) < 4.78 is 5.15. The Balaban J connectivity index is 1.45. The molecule has 0 aromatic heterocycles. The summed E-state index contributed by atoms with van der Waals surface area (Å²) in [5.41, 5.74) is 0. The molecule has 4 fully saturated rings. The predicted octanol–water partition coefficient (Wildman–Crippen LogP) is -0.163. The van der Waals surface area contributed by atoms with E-state index in [2.05, 4.69) is 25.0 Å². The summed E-state index contributed by atoms with van der Waals surface area (Å²) in [5.74, 6) is 0.974. The van der Waals surface area contributed by atoms with Crippen molar-refractivity contribution in [3.63, 3.8) is 0 Å². The van der Waals surface area contributed by atoms with E-state index >= 15 is 0 Å². The molecule has 0 amide bonds. The highest BCUT2D eigenvalue weighted by Crippen LogP contribution is 2.19. The summed E-state index contributed by atoms with van der Waals surface area (Å²) in [6.45, 7) is 11.0. The first-order valence-corrected chi connectivity index (χ1v) is 9.30. The van der Waals surface area contributed by atoms with E-state index in [0.717, 1.165) is 45.0 Å². The maximum absolute atomic E-state index is 11.9. The first-order valence-electron chi connectivity index (χ1n) is 9.30. The Hall–Kier alpha value is -1.34. The van der Waals surface area contributed by atoms with E-state index in [1.54, 1.807) is 0 Å². The van der Waals surface area contributed by atoms with Gasteiger partial charge in [0.15, 0.2) is 5.96 Å². The Bertz CT molecular complexity index is 454. The van der Waals surface area contributed by atoms with Gasteiger partial charge in [0.2, 0.25) is 0 Å². The molecule has 1 atom stereocenters. The number of likely N-dealkylation sites (tertiary alicyclic amines) is 1. The molecule has 0 aromatic rings. The fourth-order valence-corrected chi connectivity index (χ4v) is 4.05. The van der Waals surface area contributed by atoms with Gasteiger partial charge in [-0.1, -0.05) is 0 Å². The van der Waals surface area contributed by atoms with Crippen LogP contribution in [0.2, 0.25) is 0 Å². The zero-order valence-corrected chi connectivity index (χ0v) is 15.0. The minimum absolute atomic E-state index is 0.0415. The molecule has 1 N–H and O–H groups in total. The quantitative estimate of drug-likeness (QED) is 0.437. The van der Waals surface area contributed by atoms with Crippen LogP contribution in [-0.2, 0) is 9.53 Å². The van der Waals surface area contributed by atoms with Gasteiger partial charge in [-0.05, 0) is 19.8 Å². The number of nitrogens with one attached hydrogen (secondary N) is 1. The van der Waals surface area contributed by atoms with Gasteiger partial charge in [0, 0.05) is 65.4 Å². The summed E-state index contributed by atoms with van der Waals surface area (Å²) in [6, 6.07) is 0.585. The van der Waals surface area contributed by atoms with Crippen LogP contribution in [0, 0.1) is 5.92 Å².